The van der Waals surface area contributed by atoms with Crippen molar-refractivity contribution in [1.29, 1.82) is 0 Å². The first-order valence-electron chi connectivity index (χ1n) is 3.83. The van der Waals surface area contributed by atoms with E-state index >= 15 is 0 Å². The summed E-state index contributed by atoms with van der Waals surface area (Å²) in [6.07, 6.45) is 1.51. The molecular formula is C9H6ClFN2S. The van der Waals surface area contributed by atoms with Crippen molar-refractivity contribution in [1.82, 2.24) is 4.98 Å². The van der Waals surface area contributed by atoms with Gasteiger partial charge in [0.15, 0.2) is 0 Å². The second kappa shape index (κ2) is 3.55. The molecule has 14 heavy (non-hydrogen) atoms. The molecule has 0 saturated heterocycles. The van der Waals surface area contributed by atoms with E-state index < -0.39 is 0 Å². The molecule has 1 aromatic heterocycles. The monoisotopic (exact) mass is 228 g/mol. The van der Waals surface area contributed by atoms with Crippen molar-refractivity contribution in [3.8, 4) is 10.6 Å². The molecule has 0 amide bonds. The van der Waals surface area contributed by atoms with Crippen LogP contribution in [0.2, 0.25) is 5.02 Å². The van der Waals surface area contributed by atoms with Gasteiger partial charge < -0.3 is 5.73 Å². The number of nitrogen functional groups attached to an aromatic ring is 1. The lowest BCUT2D eigenvalue weighted by Gasteiger charge is -1.98. The third-order valence-corrected chi connectivity index (χ3v) is 2.78. The third kappa shape index (κ3) is 1.71. The number of nitrogens with zero attached hydrogens (tertiary/aromatic N) is 1. The maximum absolute atomic E-state index is 13.4. The van der Waals surface area contributed by atoms with Crippen molar-refractivity contribution in [2.45, 2.75) is 0 Å². The Kier molecular flexibility index (Phi) is 2.39. The molecule has 0 unspecified atom stereocenters. The Labute approximate surface area is 89.2 Å². The van der Waals surface area contributed by atoms with Crippen LogP contribution in [0.15, 0.2) is 24.4 Å². The lowest BCUT2D eigenvalue weighted by Crippen LogP contribution is -1.82. The molecule has 0 atom stereocenters. The number of nitrogens with two attached hydrogens (primary N) is 1. The van der Waals surface area contributed by atoms with E-state index in [-0.39, 0.29) is 5.82 Å². The number of hydrogen-bond acceptors (Lipinski definition) is 3. The van der Waals surface area contributed by atoms with Gasteiger partial charge in [0.1, 0.15) is 15.8 Å². The van der Waals surface area contributed by atoms with Crippen LogP contribution in [0.5, 0.6) is 0 Å². The molecule has 0 saturated carbocycles. The van der Waals surface area contributed by atoms with Crippen molar-refractivity contribution in [3.05, 3.63) is 35.2 Å². The highest BCUT2D eigenvalue weighted by atomic mass is 35.5. The number of anilines is 1. The molecule has 0 fully saturated rings. The maximum Gasteiger partial charge on any atom is 0.134 e. The molecule has 0 aliphatic rings. The fraction of sp³-hybridized carbons (Fsp3) is 0. The van der Waals surface area contributed by atoms with E-state index in [1.807, 2.05) is 0 Å². The van der Waals surface area contributed by atoms with E-state index in [0.29, 0.717) is 20.6 Å². The molecule has 1 heterocycles. The second-order valence-corrected chi connectivity index (χ2v) is 4.19. The normalized spacial score (nSPS) is 10.4. The van der Waals surface area contributed by atoms with Gasteiger partial charge in [-0.15, -0.1) is 0 Å². The predicted molar refractivity (Wildman–Crippen MR) is 56.9 cm³/mol. The highest BCUT2D eigenvalue weighted by Gasteiger charge is 2.08. The number of thiazole rings is 1. The zero-order valence-electron chi connectivity index (χ0n) is 7.00. The molecule has 0 aliphatic carbocycles. The Morgan fingerprint density at radius 3 is 2.79 bits per heavy atom. The molecule has 72 valence electrons. The maximum atomic E-state index is 13.4. The minimum Gasteiger partial charge on any atom is -0.389 e. The molecule has 0 aliphatic heterocycles. The standard InChI is InChI=1S/C9H6ClFN2S/c10-5-1-2-6(7(11)3-5)9-13-4-8(12)14-9/h1-4H,12H2. The zero-order chi connectivity index (χ0) is 10.1. The van der Waals surface area contributed by atoms with Gasteiger partial charge in [-0.3, -0.25) is 0 Å². The Balaban J connectivity index is 2.52. The van der Waals surface area contributed by atoms with Gasteiger partial charge in [-0.1, -0.05) is 22.9 Å². The number of hydrogen-bond donors (Lipinski definition) is 1. The van der Waals surface area contributed by atoms with E-state index in [1.54, 1.807) is 12.1 Å². The average molecular weight is 229 g/mol. The van der Waals surface area contributed by atoms with Gasteiger partial charge in [-0.05, 0) is 18.2 Å². The molecule has 5 heteroatoms. The summed E-state index contributed by atoms with van der Waals surface area (Å²) in [5.74, 6) is -0.383. The van der Waals surface area contributed by atoms with Gasteiger partial charge in [0, 0.05) is 10.6 Å². The van der Waals surface area contributed by atoms with E-state index in [0.717, 1.165) is 0 Å². The molecule has 0 radical (unpaired) electrons. The fourth-order valence-electron chi connectivity index (χ4n) is 1.07. The van der Waals surface area contributed by atoms with Gasteiger partial charge in [0.2, 0.25) is 0 Å². The van der Waals surface area contributed by atoms with Crippen LogP contribution in [0.1, 0.15) is 0 Å². The Hall–Kier alpha value is -1.13. The first-order valence-corrected chi connectivity index (χ1v) is 5.03. The van der Waals surface area contributed by atoms with Gasteiger partial charge >= 0.3 is 0 Å². The first kappa shape index (κ1) is 9.43. The highest BCUT2D eigenvalue weighted by molar-refractivity contribution is 7.18. The highest BCUT2D eigenvalue weighted by Crippen LogP contribution is 2.29. The van der Waals surface area contributed by atoms with E-state index in [9.17, 15) is 4.39 Å². The van der Waals surface area contributed by atoms with Crippen molar-refractivity contribution < 1.29 is 4.39 Å². The summed E-state index contributed by atoms with van der Waals surface area (Å²) in [6, 6.07) is 4.47. The van der Waals surface area contributed by atoms with Crippen molar-refractivity contribution >= 4 is 27.9 Å². The molecule has 2 aromatic rings. The number of halogens is 2. The van der Waals surface area contributed by atoms with Gasteiger partial charge in [-0.2, -0.15) is 0 Å². The lowest BCUT2D eigenvalue weighted by atomic mass is 10.2. The first-order chi connectivity index (χ1) is 6.66. The largest absolute Gasteiger partial charge is 0.389 e. The van der Waals surface area contributed by atoms with E-state index in [4.69, 9.17) is 17.3 Å². The lowest BCUT2D eigenvalue weighted by molar-refractivity contribution is 0.631. The number of rotatable bonds is 1. The van der Waals surface area contributed by atoms with Crippen LogP contribution in [0.3, 0.4) is 0 Å². The fourth-order valence-corrected chi connectivity index (χ4v) is 1.94. The molecule has 2 N–H and O–H groups in total. The van der Waals surface area contributed by atoms with Crippen LogP contribution < -0.4 is 5.73 Å². The molecular weight excluding hydrogens is 223 g/mol. The Morgan fingerprint density at radius 1 is 1.43 bits per heavy atom. The minimum absolute atomic E-state index is 0.371. The summed E-state index contributed by atoms with van der Waals surface area (Å²) >= 11 is 6.87. The predicted octanol–water partition coefficient (Wildman–Crippen LogP) is 3.18. The second-order valence-electron chi connectivity index (χ2n) is 2.69. The van der Waals surface area contributed by atoms with Crippen LogP contribution in [0.25, 0.3) is 10.6 Å². The molecule has 2 nitrogen and oxygen atoms in total. The van der Waals surface area contributed by atoms with Crippen LogP contribution in [0.4, 0.5) is 9.39 Å². The minimum atomic E-state index is -0.383. The topological polar surface area (TPSA) is 38.9 Å². The molecule has 0 bridgehead atoms. The Morgan fingerprint density at radius 2 is 2.21 bits per heavy atom. The van der Waals surface area contributed by atoms with Crippen LogP contribution >= 0.6 is 22.9 Å². The quantitative estimate of drug-likeness (QED) is 0.814. The molecule has 2 rings (SSSR count). The average Bonchev–Trinajstić information content (AvgIpc) is 2.51. The van der Waals surface area contributed by atoms with Gasteiger partial charge in [0.25, 0.3) is 0 Å². The van der Waals surface area contributed by atoms with Crippen LogP contribution in [-0.4, -0.2) is 4.98 Å². The van der Waals surface area contributed by atoms with Gasteiger partial charge in [-0.25, -0.2) is 9.37 Å². The molecule has 0 spiro atoms. The van der Waals surface area contributed by atoms with Crippen LogP contribution in [-0.2, 0) is 0 Å². The van der Waals surface area contributed by atoms with Crippen molar-refractivity contribution in [3.63, 3.8) is 0 Å². The SMILES string of the molecule is Nc1cnc(-c2ccc(Cl)cc2F)s1. The van der Waals surface area contributed by atoms with Crippen molar-refractivity contribution in [2.24, 2.45) is 0 Å². The summed E-state index contributed by atoms with van der Waals surface area (Å²) < 4.78 is 13.4. The van der Waals surface area contributed by atoms with E-state index in [2.05, 4.69) is 4.98 Å². The van der Waals surface area contributed by atoms with E-state index in [1.165, 1.54) is 23.6 Å². The number of benzene rings is 1. The van der Waals surface area contributed by atoms with Gasteiger partial charge in [0.05, 0.1) is 6.20 Å². The summed E-state index contributed by atoms with van der Waals surface area (Å²) in [7, 11) is 0. The smallest absolute Gasteiger partial charge is 0.134 e. The van der Waals surface area contributed by atoms with Crippen LogP contribution in [0, 0.1) is 5.82 Å². The Bertz CT molecular complexity index is 470. The summed E-state index contributed by atoms with van der Waals surface area (Å²) in [5, 5.41) is 1.50. The summed E-state index contributed by atoms with van der Waals surface area (Å²) in [5.41, 5.74) is 5.93. The zero-order valence-corrected chi connectivity index (χ0v) is 8.57. The summed E-state index contributed by atoms with van der Waals surface area (Å²) in [4.78, 5) is 3.99. The third-order valence-electron chi connectivity index (χ3n) is 1.69. The summed E-state index contributed by atoms with van der Waals surface area (Å²) in [6.45, 7) is 0. The van der Waals surface area contributed by atoms with Crippen molar-refractivity contribution in [2.75, 3.05) is 5.73 Å². The molecule has 1 aromatic carbocycles. The number of aromatic nitrogens is 1.